The Hall–Kier alpha value is -1.67. The Morgan fingerprint density at radius 1 is 1.05 bits per heavy atom. The minimum Gasteiger partial charge on any atom is -0.383 e. The van der Waals surface area contributed by atoms with Gasteiger partial charge in [0.15, 0.2) is 0 Å². The van der Waals surface area contributed by atoms with Crippen LogP contribution in [0.3, 0.4) is 0 Å². The van der Waals surface area contributed by atoms with Crippen LogP contribution in [-0.2, 0) is 19.1 Å². The number of hydrogen-bond donors (Lipinski definition) is 4. The van der Waals surface area contributed by atoms with E-state index in [1.165, 1.54) is 7.11 Å². The van der Waals surface area contributed by atoms with Gasteiger partial charge in [-0.2, -0.15) is 0 Å². The summed E-state index contributed by atoms with van der Waals surface area (Å²) in [5, 5.41) is 7.35. The second-order valence-corrected chi connectivity index (χ2v) is 4.61. The van der Waals surface area contributed by atoms with Crippen molar-refractivity contribution in [3.8, 4) is 0 Å². The van der Waals surface area contributed by atoms with Crippen LogP contribution in [0, 0.1) is 5.92 Å². The highest BCUT2D eigenvalue weighted by Crippen LogP contribution is 1.97. The largest absolute Gasteiger partial charge is 0.383 e. The Bertz CT molecular complexity index is 333. The topological polar surface area (TPSA) is 123 Å². The highest BCUT2D eigenvalue weighted by molar-refractivity contribution is 5.89. The van der Waals surface area contributed by atoms with E-state index in [9.17, 15) is 14.4 Å². The molecule has 8 heteroatoms. The first-order valence-corrected chi connectivity index (χ1v) is 6.44. The molecule has 0 unspecified atom stereocenters. The maximum absolute atomic E-state index is 11.5. The Morgan fingerprint density at radius 3 is 2.15 bits per heavy atom. The van der Waals surface area contributed by atoms with E-state index in [1.54, 1.807) is 0 Å². The van der Waals surface area contributed by atoms with Crippen LogP contribution >= 0.6 is 0 Å². The lowest BCUT2D eigenvalue weighted by atomic mass is 10.1. The van der Waals surface area contributed by atoms with E-state index in [1.807, 2.05) is 13.8 Å². The molecule has 5 N–H and O–H groups in total. The monoisotopic (exact) mass is 288 g/mol. The van der Waals surface area contributed by atoms with Crippen molar-refractivity contribution in [1.29, 1.82) is 0 Å². The van der Waals surface area contributed by atoms with Crippen molar-refractivity contribution in [3.63, 3.8) is 0 Å². The van der Waals surface area contributed by atoms with E-state index >= 15 is 0 Å². The van der Waals surface area contributed by atoms with Crippen LogP contribution in [0.2, 0.25) is 0 Å². The average Bonchev–Trinajstić information content (AvgIpc) is 2.41. The molecule has 116 valence electrons. The minimum atomic E-state index is -0.653. The SMILES string of the molecule is COCCNC(=O)CNC(=O)CNC(=O)[C@@H](N)C(C)C. The van der Waals surface area contributed by atoms with Gasteiger partial charge < -0.3 is 26.4 Å². The summed E-state index contributed by atoms with van der Waals surface area (Å²) in [5.41, 5.74) is 5.62. The van der Waals surface area contributed by atoms with Crippen molar-refractivity contribution in [2.75, 3.05) is 33.4 Å². The van der Waals surface area contributed by atoms with Gasteiger partial charge >= 0.3 is 0 Å². The van der Waals surface area contributed by atoms with Crippen LogP contribution in [0.4, 0.5) is 0 Å². The Kier molecular flexibility index (Phi) is 9.31. The van der Waals surface area contributed by atoms with Crippen LogP contribution in [0.1, 0.15) is 13.8 Å². The molecule has 3 amide bonds. The zero-order chi connectivity index (χ0) is 15.5. The van der Waals surface area contributed by atoms with Gasteiger partial charge in [-0.15, -0.1) is 0 Å². The van der Waals surface area contributed by atoms with E-state index in [0.717, 1.165) is 0 Å². The maximum atomic E-state index is 11.5. The van der Waals surface area contributed by atoms with Gasteiger partial charge in [-0.3, -0.25) is 14.4 Å². The second kappa shape index (κ2) is 10.2. The number of amides is 3. The molecular formula is C12H24N4O4. The van der Waals surface area contributed by atoms with Gasteiger partial charge in [0, 0.05) is 13.7 Å². The standard InChI is InChI=1S/C12H24N4O4/c1-8(2)11(13)12(19)16-7-10(18)15-6-9(17)14-4-5-20-3/h8,11H,4-7,13H2,1-3H3,(H,14,17)(H,15,18)(H,16,19)/t11-/m0/s1. The summed E-state index contributed by atoms with van der Waals surface area (Å²) in [6.07, 6.45) is 0. The van der Waals surface area contributed by atoms with Gasteiger partial charge in [0.2, 0.25) is 17.7 Å². The molecule has 0 aromatic heterocycles. The van der Waals surface area contributed by atoms with Gasteiger partial charge in [0.1, 0.15) is 0 Å². The molecular weight excluding hydrogens is 264 g/mol. The first-order valence-electron chi connectivity index (χ1n) is 6.44. The van der Waals surface area contributed by atoms with Crippen molar-refractivity contribution in [1.82, 2.24) is 16.0 Å². The summed E-state index contributed by atoms with van der Waals surface area (Å²) in [7, 11) is 1.53. The summed E-state index contributed by atoms with van der Waals surface area (Å²) < 4.78 is 4.76. The molecule has 0 radical (unpaired) electrons. The molecule has 0 rings (SSSR count). The minimum absolute atomic E-state index is 0.00961. The lowest BCUT2D eigenvalue weighted by molar-refractivity contribution is -0.128. The van der Waals surface area contributed by atoms with Gasteiger partial charge in [0.05, 0.1) is 25.7 Å². The molecule has 0 aromatic rings. The van der Waals surface area contributed by atoms with Crippen LogP contribution < -0.4 is 21.7 Å². The van der Waals surface area contributed by atoms with Crippen LogP contribution in [0.15, 0.2) is 0 Å². The number of methoxy groups -OCH3 is 1. The summed E-state index contributed by atoms with van der Waals surface area (Å²) in [6, 6.07) is -0.653. The highest BCUT2D eigenvalue weighted by atomic mass is 16.5. The predicted octanol–water partition coefficient (Wildman–Crippen LogP) is -2.04. The zero-order valence-corrected chi connectivity index (χ0v) is 12.2. The van der Waals surface area contributed by atoms with Gasteiger partial charge in [-0.25, -0.2) is 0 Å². The number of nitrogens with two attached hydrogens (primary N) is 1. The van der Waals surface area contributed by atoms with Crippen LogP contribution in [-0.4, -0.2) is 57.1 Å². The number of ether oxygens (including phenoxy) is 1. The lowest BCUT2D eigenvalue weighted by Gasteiger charge is -2.15. The second-order valence-electron chi connectivity index (χ2n) is 4.61. The average molecular weight is 288 g/mol. The summed E-state index contributed by atoms with van der Waals surface area (Å²) in [6.45, 7) is 4.07. The van der Waals surface area contributed by atoms with Crippen molar-refractivity contribution >= 4 is 17.7 Å². The first kappa shape index (κ1) is 18.3. The Morgan fingerprint density at radius 2 is 1.60 bits per heavy atom. The molecule has 0 aliphatic heterocycles. The summed E-state index contributed by atoms with van der Waals surface area (Å²) in [5.74, 6) is -1.17. The molecule has 8 nitrogen and oxygen atoms in total. The normalized spacial score (nSPS) is 11.8. The molecule has 0 saturated carbocycles. The van der Waals surface area contributed by atoms with Gasteiger partial charge in [-0.05, 0) is 5.92 Å². The van der Waals surface area contributed by atoms with Crippen molar-refractivity contribution in [3.05, 3.63) is 0 Å². The molecule has 0 fully saturated rings. The Labute approximate surface area is 118 Å². The molecule has 0 heterocycles. The maximum Gasteiger partial charge on any atom is 0.239 e. The molecule has 0 aliphatic carbocycles. The van der Waals surface area contributed by atoms with E-state index in [0.29, 0.717) is 13.2 Å². The van der Waals surface area contributed by atoms with Crippen molar-refractivity contribution in [2.24, 2.45) is 11.7 Å². The van der Waals surface area contributed by atoms with Crippen molar-refractivity contribution in [2.45, 2.75) is 19.9 Å². The first-order chi connectivity index (χ1) is 9.38. The fourth-order valence-electron chi connectivity index (χ4n) is 1.18. The summed E-state index contributed by atoms with van der Waals surface area (Å²) >= 11 is 0. The van der Waals surface area contributed by atoms with E-state index < -0.39 is 11.9 Å². The lowest BCUT2D eigenvalue weighted by Crippen LogP contribution is -2.48. The third-order valence-corrected chi connectivity index (χ3v) is 2.52. The zero-order valence-electron chi connectivity index (χ0n) is 12.2. The number of rotatable bonds is 9. The van der Waals surface area contributed by atoms with Gasteiger partial charge in [0.25, 0.3) is 0 Å². The Balaban J connectivity index is 3.79. The molecule has 0 saturated heterocycles. The molecule has 1 atom stereocenters. The molecule has 0 aliphatic rings. The number of hydrogen-bond acceptors (Lipinski definition) is 5. The summed E-state index contributed by atoms with van der Waals surface area (Å²) in [4.78, 5) is 34.2. The molecule has 0 spiro atoms. The molecule has 0 bridgehead atoms. The number of carbonyl (C=O) groups is 3. The smallest absolute Gasteiger partial charge is 0.239 e. The third kappa shape index (κ3) is 8.44. The van der Waals surface area contributed by atoms with Gasteiger partial charge in [-0.1, -0.05) is 13.8 Å². The highest BCUT2D eigenvalue weighted by Gasteiger charge is 2.17. The predicted molar refractivity (Wildman–Crippen MR) is 73.7 cm³/mol. The third-order valence-electron chi connectivity index (χ3n) is 2.52. The van der Waals surface area contributed by atoms with E-state index in [4.69, 9.17) is 10.5 Å². The van der Waals surface area contributed by atoms with Crippen LogP contribution in [0.5, 0.6) is 0 Å². The molecule has 20 heavy (non-hydrogen) atoms. The quantitative estimate of drug-likeness (QED) is 0.364. The molecule has 0 aromatic carbocycles. The fourth-order valence-corrected chi connectivity index (χ4v) is 1.18. The van der Waals surface area contributed by atoms with E-state index in [2.05, 4.69) is 16.0 Å². The number of nitrogens with one attached hydrogen (secondary N) is 3. The van der Waals surface area contributed by atoms with E-state index in [-0.39, 0.29) is 30.8 Å². The fraction of sp³-hybridized carbons (Fsp3) is 0.750. The van der Waals surface area contributed by atoms with Crippen LogP contribution in [0.25, 0.3) is 0 Å². The number of carbonyl (C=O) groups excluding carboxylic acids is 3. The van der Waals surface area contributed by atoms with Crippen molar-refractivity contribution < 1.29 is 19.1 Å².